The first-order valence-electron chi connectivity index (χ1n) is 7.20. The molecule has 0 spiro atoms. The Bertz CT molecular complexity index is 552. The molecule has 2 N–H and O–H groups in total. The number of nitrogens with zero attached hydrogens (tertiary/aromatic N) is 4. The molecular weight excluding hydrogens is 266 g/mol. The fourth-order valence-corrected chi connectivity index (χ4v) is 2.06. The van der Waals surface area contributed by atoms with Crippen molar-refractivity contribution in [2.75, 3.05) is 19.6 Å². The summed E-state index contributed by atoms with van der Waals surface area (Å²) in [6.07, 6.45) is 1.72. The van der Waals surface area contributed by atoms with Crippen LogP contribution in [0.2, 0.25) is 0 Å². The largest absolute Gasteiger partial charge is 0.337 e. The van der Waals surface area contributed by atoms with Gasteiger partial charge in [0.1, 0.15) is 5.69 Å². The molecule has 0 aliphatic rings. The van der Waals surface area contributed by atoms with E-state index in [-0.39, 0.29) is 5.41 Å². The highest BCUT2D eigenvalue weighted by Crippen LogP contribution is 2.17. The zero-order valence-corrected chi connectivity index (χ0v) is 12.9. The van der Waals surface area contributed by atoms with Gasteiger partial charge in [-0.3, -0.25) is 9.88 Å². The van der Waals surface area contributed by atoms with E-state index in [1.165, 1.54) is 0 Å². The first kappa shape index (κ1) is 15.6. The SMILES string of the molecule is CCN(Cc1nc(-c2ccccn2)no1)CC(C)(C)CN. The average Bonchev–Trinajstić information content (AvgIpc) is 2.96. The quantitative estimate of drug-likeness (QED) is 0.839. The molecule has 2 rings (SSSR count). The first-order valence-corrected chi connectivity index (χ1v) is 7.20. The van der Waals surface area contributed by atoms with Crippen molar-refractivity contribution in [1.82, 2.24) is 20.0 Å². The summed E-state index contributed by atoms with van der Waals surface area (Å²) in [7, 11) is 0. The third kappa shape index (κ3) is 4.34. The zero-order valence-electron chi connectivity index (χ0n) is 12.9. The fraction of sp³-hybridized carbons (Fsp3) is 0.533. The van der Waals surface area contributed by atoms with E-state index in [0.29, 0.717) is 24.8 Å². The normalized spacial score (nSPS) is 12.0. The van der Waals surface area contributed by atoms with Gasteiger partial charge in [-0.05, 0) is 30.6 Å². The van der Waals surface area contributed by atoms with E-state index < -0.39 is 0 Å². The van der Waals surface area contributed by atoms with Gasteiger partial charge in [-0.2, -0.15) is 4.98 Å². The fourth-order valence-electron chi connectivity index (χ4n) is 2.06. The zero-order chi connectivity index (χ0) is 15.3. The van der Waals surface area contributed by atoms with Crippen molar-refractivity contribution < 1.29 is 4.52 Å². The van der Waals surface area contributed by atoms with Gasteiger partial charge >= 0.3 is 0 Å². The molecule has 0 saturated carbocycles. The molecule has 0 fully saturated rings. The van der Waals surface area contributed by atoms with Crippen LogP contribution >= 0.6 is 0 Å². The minimum atomic E-state index is 0.0693. The van der Waals surface area contributed by atoms with Gasteiger partial charge in [0.05, 0.1) is 6.54 Å². The molecular formula is C15H23N5O. The summed E-state index contributed by atoms with van der Waals surface area (Å²) < 4.78 is 5.33. The van der Waals surface area contributed by atoms with E-state index in [0.717, 1.165) is 18.8 Å². The van der Waals surface area contributed by atoms with Gasteiger partial charge in [0, 0.05) is 12.7 Å². The molecule has 2 heterocycles. The van der Waals surface area contributed by atoms with Crippen LogP contribution < -0.4 is 5.73 Å². The topological polar surface area (TPSA) is 81.1 Å². The summed E-state index contributed by atoms with van der Waals surface area (Å²) >= 11 is 0. The Kier molecular flexibility index (Phi) is 5.03. The number of pyridine rings is 1. The Morgan fingerprint density at radius 3 is 2.76 bits per heavy atom. The van der Waals surface area contributed by atoms with Crippen LogP contribution in [0.3, 0.4) is 0 Å². The Balaban J connectivity index is 2.04. The highest BCUT2D eigenvalue weighted by molar-refractivity contribution is 5.46. The summed E-state index contributed by atoms with van der Waals surface area (Å²) in [6, 6.07) is 5.63. The molecule has 6 nitrogen and oxygen atoms in total. The van der Waals surface area contributed by atoms with Crippen molar-refractivity contribution in [1.29, 1.82) is 0 Å². The maximum Gasteiger partial charge on any atom is 0.241 e. The summed E-state index contributed by atoms with van der Waals surface area (Å²) in [5.41, 5.74) is 6.59. The lowest BCUT2D eigenvalue weighted by atomic mass is 9.93. The molecule has 0 unspecified atom stereocenters. The second-order valence-corrected chi connectivity index (χ2v) is 5.90. The minimum absolute atomic E-state index is 0.0693. The molecule has 0 atom stereocenters. The number of aromatic nitrogens is 3. The Labute approximate surface area is 125 Å². The maximum absolute atomic E-state index is 5.80. The van der Waals surface area contributed by atoms with Crippen LogP contribution in [-0.2, 0) is 6.54 Å². The monoisotopic (exact) mass is 289 g/mol. The first-order chi connectivity index (χ1) is 10.0. The van der Waals surface area contributed by atoms with Crippen LogP contribution in [0.25, 0.3) is 11.5 Å². The molecule has 0 aromatic carbocycles. The molecule has 6 heteroatoms. The van der Waals surface area contributed by atoms with Crippen LogP contribution in [0.5, 0.6) is 0 Å². The summed E-state index contributed by atoms with van der Waals surface area (Å²) in [4.78, 5) is 10.9. The lowest BCUT2D eigenvalue weighted by Crippen LogP contribution is -2.38. The van der Waals surface area contributed by atoms with Crippen LogP contribution in [0, 0.1) is 5.41 Å². The van der Waals surface area contributed by atoms with E-state index >= 15 is 0 Å². The molecule has 0 bridgehead atoms. The van der Waals surface area contributed by atoms with Crippen molar-refractivity contribution >= 4 is 0 Å². The molecule has 0 radical (unpaired) electrons. The predicted molar refractivity (Wildman–Crippen MR) is 81.3 cm³/mol. The molecule has 0 saturated heterocycles. The molecule has 2 aromatic rings. The second-order valence-electron chi connectivity index (χ2n) is 5.90. The Morgan fingerprint density at radius 1 is 1.33 bits per heavy atom. The van der Waals surface area contributed by atoms with Crippen LogP contribution in [-0.4, -0.2) is 39.7 Å². The molecule has 2 aromatic heterocycles. The molecule has 0 aliphatic carbocycles. The van der Waals surface area contributed by atoms with Crippen molar-refractivity contribution in [2.45, 2.75) is 27.3 Å². The number of nitrogens with two attached hydrogens (primary N) is 1. The van der Waals surface area contributed by atoms with Gasteiger partial charge in [-0.15, -0.1) is 0 Å². The van der Waals surface area contributed by atoms with Gasteiger partial charge < -0.3 is 10.3 Å². The third-order valence-corrected chi connectivity index (χ3v) is 3.37. The Morgan fingerprint density at radius 2 is 2.14 bits per heavy atom. The standard InChI is InChI=1S/C15H23N5O/c1-4-20(11-15(2,3)10-16)9-13-18-14(19-21-13)12-7-5-6-8-17-12/h5-8H,4,9-11,16H2,1-3H3. The smallest absolute Gasteiger partial charge is 0.241 e. The lowest BCUT2D eigenvalue weighted by Gasteiger charge is -2.29. The van der Waals surface area contributed by atoms with Crippen molar-refractivity contribution in [2.24, 2.45) is 11.1 Å². The van der Waals surface area contributed by atoms with Gasteiger partial charge in [0.15, 0.2) is 0 Å². The second kappa shape index (κ2) is 6.78. The molecule has 21 heavy (non-hydrogen) atoms. The highest BCUT2D eigenvalue weighted by Gasteiger charge is 2.21. The number of rotatable bonds is 7. The van der Waals surface area contributed by atoms with E-state index in [1.54, 1.807) is 6.20 Å². The number of hydrogen-bond acceptors (Lipinski definition) is 6. The summed E-state index contributed by atoms with van der Waals surface area (Å²) in [6.45, 7) is 9.49. The van der Waals surface area contributed by atoms with Crippen molar-refractivity contribution in [3.8, 4) is 11.5 Å². The molecule has 0 aliphatic heterocycles. The van der Waals surface area contributed by atoms with E-state index in [1.807, 2.05) is 18.2 Å². The van der Waals surface area contributed by atoms with Crippen LogP contribution in [0.4, 0.5) is 0 Å². The predicted octanol–water partition coefficient (Wildman–Crippen LogP) is 1.94. The van der Waals surface area contributed by atoms with E-state index in [4.69, 9.17) is 10.3 Å². The van der Waals surface area contributed by atoms with Gasteiger partial charge in [0.25, 0.3) is 0 Å². The maximum atomic E-state index is 5.80. The average molecular weight is 289 g/mol. The van der Waals surface area contributed by atoms with Crippen molar-refractivity contribution in [3.05, 3.63) is 30.3 Å². The molecule has 0 amide bonds. The van der Waals surface area contributed by atoms with Gasteiger partial charge in [-0.1, -0.05) is 32.0 Å². The van der Waals surface area contributed by atoms with Gasteiger partial charge in [-0.25, -0.2) is 0 Å². The molecule has 114 valence electrons. The van der Waals surface area contributed by atoms with Crippen LogP contribution in [0.1, 0.15) is 26.7 Å². The number of hydrogen-bond donors (Lipinski definition) is 1. The van der Waals surface area contributed by atoms with E-state index in [9.17, 15) is 0 Å². The van der Waals surface area contributed by atoms with Gasteiger partial charge in [0.2, 0.25) is 11.7 Å². The third-order valence-electron chi connectivity index (χ3n) is 3.37. The summed E-state index contributed by atoms with van der Waals surface area (Å²) in [5, 5.41) is 3.99. The highest BCUT2D eigenvalue weighted by atomic mass is 16.5. The van der Waals surface area contributed by atoms with Crippen LogP contribution in [0.15, 0.2) is 28.9 Å². The van der Waals surface area contributed by atoms with Crippen molar-refractivity contribution in [3.63, 3.8) is 0 Å². The minimum Gasteiger partial charge on any atom is -0.337 e. The Hall–Kier alpha value is -1.79. The summed E-state index contributed by atoms with van der Waals surface area (Å²) in [5.74, 6) is 1.13. The van der Waals surface area contributed by atoms with E-state index in [2.05, 4.69) is 40.8 Å². The lowest BCUT2D eigenvalue weighted by molar-refractivity contribution is 0.165.